The molecule has 0 fully saturated rings. The van der Waals surface area contributed by atoms with Crippen LogP contribution in [0.2, 0.25) is 0 Å². The third kappa shape index (κ3) is 3.32. The fraction of sp³-hybridized carbons (Fsp3) is 0.300. The monoisotopic (exact) mass is 528 g/mol. The van der Waals surface area contributed by atoms with Gasteiger partial charge in [0, 0.05) is 34.9 Å². The lowest BCUT2D eigenvalue weighted by Gasteiger charge is -2.39. The minimum Gasteiger partial charge on any atom is -0.493 e. The number of hydrogen-bond donors (Lipinski definition) is 1. The van der Waals surface area contributed by atoms with E-state index in [1.807, 2.05) is 25.4 Å². The summed E-state index contributed by atoms with van der Waals surface area (Å²) in [6, 6.07) is 11.7. The van der Waals surface area contributed by atoms with E-state index in [2.05, 4.69) is 34.1 Å². The summed E-state index contributed by atoms with van der Waals surface area (Å²) >= 11 is 0. The van der Waals surface area contributed by atoms with Crippen LogP contribution in [0.1, 0.15) is 39.2 Å². The SMILES string of the molecule is COc1ccc2c(c1OC)C(=O)OC2C1c2c(c(-c3ccc4[nH]ccc4c3)c3c(c2OC)OCO3)CCN1C. The number of carbonyl (C=O) groups excluding carboxylic acids is 1. The van der Waals surface area contributed by atoms with E-state index in [9.17, 15) is 4.79 Å². The smallest absolute Gasteiger partial charge is 0.343 e. The van der Waals surface area contributed by atoms with Crippen LogP contribution in [-0.2, 0) is 11.2 Å². The van der Waals surface area contributed by atoms with E-state index >= 15 is 0 Å². The molecule has 3 aliphatic heterocycles. The number of cyclic esters (lactones) is 1. The zero-order valence-electron chi connectivity index (χ0n) is 22.1. The maximum atomic E-state index is 13.3. The molecule has 0 amide bonds. The average molecular weight is 529 g/mol. The summed E-state index contributed by atoms with van der Waals surface area (Å²) in [7, 11) is 6.75. The molecule has 2 atom stereocenters. The van der Waals surface area contributed by atoms with Crippen LogP contribution in [0, 0.1) is 0 Å². The van der Waals surface area contributed by atoms with E-state index in [0.29, 0.717) is 34.3 Å². The lowest BCUT2D eigenvalue weighted by molar-refractivity contribution is 0.00877. The summed E-state index contributed by atoms with van der Waals surface area (Å²) in [5.74, 6) is 2.26. The molecule has 200 valence electrons. The van der Waals surface area contributed by atoms with Gasteiger partial charge in [-0.25, -0.2) is 4.79 Å². The Balaban J connectivity index is 1.47. The highest BCUT2D eigenvalue weighted by Gasteiger charge is 2.47. The minimum atomic E-state index is -0.592. The highest BCUT2D eigenvalue weighted by atomic mass is 16.7. The molecule has 0 bridgehead atoms. The molecule has 0 radical (unpaired) electrons. The first-order chi connectivity index (χ1) is 19.0. The normalized spacial score (nSPS) is 19.5. The minimum absolute atomic E-state index is 0.104. The van der Waals surface area contributed by atoms with E-state index < -0.39 is 12.1 Å². The van der Waals surface area contributed by atoms with Gasteiger partial charge in [0.2, 0.25) is 12.5 Å². The average Bonchev–Trinajstić information content (AvgIpc) is 3.70. The van der Waals surface area contributed by atoms with Gasteiger partial charge in [-0.3, -0.25) is 4.90 Å². The molecule has 39 heavy (non-hydrogen) atoms. The number of esters is 1. The number of H-pyrrole nitrogens is 1. The van der Waals surface area contributed by atoms with Crippen LogP contribution in [0.4, 0.5) is 0 Å². The van der Waals surface area contributed by atoms with Crippen molar-refractivity contribution in [3.63, 3.8) is 0 Å². The number of hydrogen-bond acceptors (Lipinski definition) is 8. The number of nitrogens with zero attached hydrogens (tertiary/aromatic N) is 1. The Morgan fingerprint density at radius 2 is 1.77 bits per heavy atom. The second-order valence-electron chi connectivity index (χ2n) is 9.91. The molecule has 0 aliphatic carbocycles. The first-order valence-corrected chi connectivity index (χ1v) is 12.8. The van der Waals surface area contributed by atoms with Crippen LogP contribution < -0.4 is 23.7 Å². The lowest BCUT2D eigenvalue weighted by atomic mass is 9.81. The Morgan fingerprint density at radius 1 is 0.949 bits per heavy atom. The molecule has 3 aliphatic rings. The Bertz CT molecular complexity index is 1640. The standard InChI is InChI=1S/C30H28N2O7/c1-32-12-10-17-21(16-5-7-19-15(13-16)9-11-31-19)28-29(38-14-37-28)27(36-4)22(17)24(32)25-18-6-8-20(34-2)26(35-3)23(18)30(33)39-25/h5-9,11,13,24-25,31H,10,12,14H2,1-4H3. The van der Waals surface area contributed by atoms with Crippen LogP contribution in [0.25, 0.3) is 22.0 Å². The van der Waals surface area contributed by atoms with Crippen LogP contribution in [0.3, 0.4) is 0 Å². The Labute approximate surface area is 225 Å². The molecule has 9 heteroatoms. The summed E-state index contributed by atoms with van der Waals surface area (Å²) in [4.78, 5) is 18.7. The van der Waals surface area contributed by atoms with Gasteiger partial charge in [0.1, 0.15) is 11.7 Å². The Kier molecular flexibility index (Phi) is 5.38. The van der Waals surface area contributed by atoms with E-state index in [0.717, 1.165) is 51.7 Å². The molecule has 1 N–H and O–H groups in total. The molecular formula is C30H28N2O7. The van der Waals surface area contributed by atoms with Gasteiger partial charge in [-0.15, -0.1) is 0 Å². The maximum Gasteiger partial charge on any atom is 0.343 e. The summed E-state index contributed by atoms with van der Waals surface area (Å²) in [6.07, 6.45) is 2.10. The van der Waals surface area contributed by atoms with Crippen molar-refractivity contribution in [1.29, 1.82) is 0 Å². The van der Waals surface area contributed by atoms with E-state index in [1.165, 1.54) is 7.11 Å². The second-order valence-corrected chi connectivity index (χ2v) is 9.91. The molecule has 0 spiro atoms. The number of aromatic nitrogens is 1. The molecule has 4 heterocycles. The summed E-state index contributed by atoms with van der Waals surface area (Å²) in [6.45, 7) is 0.850. The van der Waals surface area contributed by atoms with Gasteiger partial charge in [0.05, 0.1) is 27.4 Å². The molecule has 0 saturated carbocycles. The van der Waals surface area contributed by atoms with Crippen molar-refractivity contribution in [2.45, 2.75) is 18.6 Å². The number of nitrogens with one attached hydrogen (secondary N) is 1. The zero-order chi connectivity index (χ0) is 26.8. The number of benzene rings is 3. The largest absolute Gasteiger partial charge is 0.493 e. The van der Waals surface area contributed by atoms with Crippen LogP contribution in [0.15, 0.2) is 42.6 Å². The number of rotatable bonds is 5. The molecule has 9 nitrogen and oxygen atoms in total. The highest BCUT2D eigenvalue weighted by Crippen LogP contribution is 2.59. The van der Waals surface area contributed by atoms with Crippen molar-refractivity contribution in [3.8, 4) is 39.9 Å². The molecule has 3 aromatic carbocycles. The number of fused-ring (bicyclic) bond motifs is 4. The predicted molar refractivity (Wildman–Crippen MR) is 143 cm³/mol. The van der Waals surface area contributed by atoms with Crippen molar-refractivity contribution in [2.24, 2.45) is 0 Å². The van der Waals surface area contributed by atoms with Crippen LogP contribution in [-0.4, -0.2) is 57.6 Å². The zero-order valence-corrected chi connectivity index (χ0v) is 22.1. The first-order valence-electron chi connectivity index (χ1n) is 12.8. The summed E-state index contributed by atoms with van der Waals surface area (Å²) in [5, 5.41) is 1.11. The molecule has 1 aromatic heterocycles. The van der Waals surface area contributed by atoms with Crippen LogP contribution in [0.5, 0.6) is 28.7 Å². The predicted octanol–water partition coefficient (Wildman–Crippen LogP) is 5.03. The number of likely N-dealkylation sites (N-methyl/N-ethyl adjacent to an activating group) is 1. The number of methoxy groups -OCH3 is 3. The summed E-state index contributed by atoms with van der Waals surface area (Å²) in [5.41, 5.74) is 6.24. The Morgan fingerprint density at radius 3 is 2.56 bits per heavy atom. The lowest BCUT2D eigenvalue weighted by Crippen LogP contribution is -2.36. The van der Waals surface area contributed by atoms with Gasteiger partial charge >= 0.3 is 5.97 Å². The van der Waals surface area contributed by atoms with Gasteiger partial charge in [0.15, 0.2) is 23.0 Å². The van der Waals surface area contributed by atoms with E-state index in [1.54, 1.807) is 14.2 Å². The molecule has 0 saturated heterocycles. The van der Waals surface area contributed by atoms with Gasteiger partial charge < -0.3 is 33.4 Å². The maximum absolute atomic E-state index is 13.3. The van der Waals surface area contributed by atoms with Crippen molar-refractivity contribution in [1.82, 2.24) is 9.88 Å². The highest BCUT2D eigenvalue weighted by molar-refractivity contribution is 5.98. The van der Waals surface area contributed by atoms with Crippen molar-refractivity contribution in [3.05, 3.63) is 64.8 Å². The third-order valence-corrected chi connectivity index (χ3v) is 8.06. The number of carbonyl (C=O) groups is 1. The van der Waals surface area contributed by atoms with Gasteiger partial charge in [0.25, 0.3) is 0 Å². The van der Waals surface area contributed by atoms with E-state index in [4.69, 9.17) is 28.4 Å². The third-order valence-electron chi connectivity index (χ3n) is 8.06. The first kappa shape index (κ1) is 23.7. The molecular weight excluding hydrogens is 500 g/mol. The van der Waals surface area contributed by atoms with Crippen molar-refractivity contribution < 1.29 is 33.2 Å². The second kappa shape index (κ2) is 8.84. The topological polar surface area (TPSA) is 91.5 Å². The number of ether oxygens (including phenoxy) is 6. The molecule has 2 unspecified atom stereocenters. The quantitative estimate of drug-likeness (QED) is 0.361. The van der Waals surface area contributed by atoms with Crippen LogP contribution >= 0.6 is 0 Å². The molecule has 7 rings (SSSR count). The summed E-state index contributed by atoms with van der Waals surface area (Å²) < 4.78 is 35.2. The Hall–Kier alpha value is -4.37. The van der Waals surface area contributed by atoms with E-state index in [-0.39, 0.29) is 12.8 Å². The molecule has 4 aromatic rings. The fourth-order valence-electron chi connectivity index (χ4n) is 6.35. The van der Waals surface area contributed by atoms with Gasteiger partial charge in [-0.05, 0) is 54.2 Å². The van der Waals surface area contributed by atoms with Gasteiger partial charge in [-0.2, -0.15) is 0 Å². The fourth-order valence-corrected chi connectivity index (χ4v) is 6.35. The van der Waals surface area contributed by atoms with Crippen molar-refractivity contribution >= 4 is 16.9 Å². The van der Waals surface area contributed by atoms with Crippen molar-refractivity contribution in [2.75, 3.05) is 41.7 Å². The number of aromatic amines is 1. The van der Waals surface area contributed by atoms with Gasteiger partial charge in [-0.1, -0.05) is 12.1 Å².